The molecule has 2 aliphatic heterocycles. The lowest BCUT2D eigenvalue weighted by molar-refractivity contribution is -0.133. The third-order valence-electron chi connectivity index (χ3n) is 11.7. The SMILES string of the molecule is COc1ccc(CN(C[C@@H](O)[C@@H](C(=O)[C@@H](NC(=O)N(C)CCN2CCOCC2)C(C)C)C(N)c2ccccc2)NC(=O)[C@@H](NC(=O)N(C)CCN2CCOCC2)C(C)C)cc1OC. The largest absolute Gasteiger partial charge is 0.493 e. The zero-order valence-corrected chi connectivity index (χ0v) is 38.6. The minimum Gasteiger partial charge on any atom is -0.493 e. The van der Waals surface area contributed by atoms with Gasteiger partial charge in [-0.2, -0.15) is 0 Å². The number of nitrogens with two attached hydrogens (primary N) is 1. The number of nitrogens with zero attached hydrogens (tertiary/aromatic N) is 5. The molecule has 1 unspecified atom stereocenters. The van der Waals surface area contributed by atoms with E-state index in [2.05, 4.69) is 25.9 Å². The van der Waals surface area contributed by atoms with Gasteiger partial charge in [-0.1, -0.05) is 64.1 Å². The molecule has 6 N–H and O–H groups in total. The van der Waals surface area contributed by atoms with E-state index in [-0.39, 0.29) is 24.9 Å². The van der Waals surface area contributed by atoms with Gasteiger partial charge in [0.1, 0.15) is 6.04 Å². The number of amides is 5. The summed E-state index contributed by atoms with van der Waals surface area (Å²) in [5.41, 5.74) is 11.2. The molecule has 5 atom stereocenters. The van der Waals surface area contributed by atoms with Crippen LogP contribution in [-0.4, -0.2) is 185 Å². The van der Waals surface area contributed by atoms with E-state index in [1.165, 1.54) is 19.2 Å². The summed E-state index contributed by atoms with van der Waals surface area (Å²) >= 11 is 0. The van der Waals surface area contributed by atoms with Crippen molar-refractivity contribution in [3.63, 3.8) is 0 Å². The number of aliphatic hydroxyl groups excluding tert-OH is 1. The van der Waals surface area contributed by atoms with Gasteiger partial charge in [-0.3, -0.25) is 24.8 Å². The van der Waals surface area contributed by atoms with E-state index in [4.69, 9.17) is 24.7 Å². The molecule has 0 saturated carbocycles. The number of aliphatic hydroxyl groups is 1. The van der Waals surface area contributed by atoms with Crippen LogP contribution in [0.25, 0.3) is 0 Å². The number of carbonyl (C=O) groups excluding carboxylic acids is 4. The predicted molar refractivity (Wildman–Crippen MR) is 240 cm³/mol. The van der Waals surface area contributed by atoms with Crippen molar-refractivity contribution in [2.45, 2.75) is 58.5 Å². The predicted octanol–water partition coefficient (Wildman–Crippen LogP) is 1.78. The summed E-state index contributed by atoms with van der Waals surface area (Å²) in [7, 11) is 6.43. The number of carbonyl (C=O) groups is 4. The molecule has 0 aliphatic carbocycles. The molecular formula is C45H73N9O9. The first kappa shape index (κ1) is 51.1. The summed E-state index contributed by atoms with van der Waals surface area (Å²) in [4.78, 5) is 63.8. The first-order chi connectivity index (χ1) is 30.1. The van der Waals surface area contributed by atoms with E-state index in [0.29, 0.717) is 75.2 Å². The fourth-order valence-electron chi connectivity index (χ4n) is 7.63. The molecule has 5 amide bonds. The number of methoxy groups -OCH3 is 2. The van der Waals surface area contributed by atoms with E-state index < -0.39 is 53.9 Å². The molecule has 18 heteroatoms. The Bertz CT molecular complexity index is 1730. The quantitative estimate of drug-likeness (QED) is 0.101. The Morgan fingerprint density at radius 2 is 1.27 bits per heavy atom. The number of likely N-dealkylation sites (N-methyl/N-ethyl adjacent to an activating group) is 2. The average molecular weight is 884 g/mol. The zero-order chi connectivity index (χ0) is 46.1. The lowest BCUT2D eigenvalue weighted by atomic mass is 9.80. The number of ketones is 1. The monoisotopic (exact) mass is 884 g/mol. The van der Waals surface area contributed by atoms with Crippen molar-refractivity contribution in [1.29, 1.82) is 0 Å². The molecule has 2 aromatic rings. The van der Waals surface area contributed by atoms with Gasteiger partial charge in [0.15, 0.2) is 17.3 Å². The molecule has 2 aliphatic rings. The summed E-state index contributed by atoms with van der Waals surface area (Å²) in [6.07, 6.45) is -1.45. The lowest BCUT2D eigenvalue weighted by Gasteiger charge is -2.36. The van der Waals surface area contributed by atoms with E-state index in [1.807, 2.05) is 33.8 Å². The van der Waals surface area contributed by atoms with Crippen LogP contribution in [-0.2, 0) is 25.6 Å². The van der Waals surface area contributed by atoms with Crippen LogP contribution < -0.4 is 31.3 Å². The van der Waals surface area contributed by atoms with Gasteiger partial charge in [-0.15, -0.1) is 0 Å². The Hall–Kier alpha value is -4.56. The number of Topliss-reactive ketones (excluding diaryl/α,β-unsaturated/α-hetero) is 1. The van der Waals surface area contributed by atoms with Crippen LogP contribution in [0, 0.1) is 17.8 Å². The second-order valence-electron chi connectivity index (χ2n) is 17.1. The van der Waals surface area contributed by atoms with Gasteiger partial charge >= 0.3 is 12.1 Å². The minimum absolute atomic E-state index is 0.0567. The van der Waals surface area contributed by atoms with Crippen molar-refractivity contribution in [3.8, 4) is 11.5 Å². The number of ether oxygens (including phenoxy) is 4. The van der Waals surface area contributed by atoms with Crippen LogP contribution in [0.15, 0.2) is 48.5 Å². The van der Waals surface area contributed by atoms with Crippen LogP contribution in [0.5, 0.6) is 11.5 Å². The molecule has 0 radical (unpaired) electrons. The highest BCUT2D eigenvalue weighted by atomic mass is 16.5. The number of benzene rings is 2. The Morgan fingerprint density at radius 1 is 0.762 bits per heavy atom. The second kappa shape index (κ2) is 25.7. The molecule has 0 aromatic heterocycles. The fraction of sp³-hybridized carbons (Fsp3) is 0.644. The smallest absolute Gasteiger partial charge is 0.317 e. The van der Waals surface area contributed by atoms with Gasteiger partial charge < -0.3 is 50.2 Å². The van der Waals surface area contributed by atoms with E-state index >= 15 is 0 Å². The summed E-state index contributed by atoms with van der Waals surface area (Å²) in [6, 6.07) is 10.5. The van der Waals surface area contributed by atoms with Crippen molar-refractivity contribution in [2.24, 2.45) is 23.5 Å². The van der Waals surface area contributed by atoms with E-state index in [1.54, 1.807) is 66.4 Å². The van der Waals surface area contributed by atoms with Crippen molar-refractivity contribution >= 4 is 23.8 Å². The van der Waals surface area contributed by atoms with Gasteiger partial charge in [0.25, 0.3) is 5.91 Å². The Balaban J connectivity index is 1.60. The zero-order valence-electron chi connectivity index (χ0n) is 38.6. The van der Waals surface area contributed by atoms with Crippen LogP contribution >= 0.6 is 0 Å². The van der Waals surface area contributed by atoms with Gasteiger partial charge in [-0.05, 0) is 35.1 Å². The number of hydrazine groups is 1. The highest BCUT2D eigenvalue weighted by molar-refractivity contribution is 5.91. The van der Waals surface area contributed by atoms with Crippen molar-refractivity contribution in [1.82, 2.24) is 40.7 Å². The van der Waals surface area contributed by atoms with E-state index in [0.717, 1.165) is 26.2 Å². The number of nitrogens with one attached hydrogen (secondary N) is 3. The highest BCUT2D eigenvalue weighted by Gasteiger charge is 2.40. The maximum Gasteiger partial charge on any atom is 0.317 e. The Kier molecular flexibility index (Phi) is 20.8. The molecule has 2 fully saturated rings. The maximum absolute atomic E-state index is 14.9. The molecule has 4 rings (SSSR count). The van der Waals surface area contributed by atoms with Crippen LogP contribution in [0.3, 0.4) is 0 Å². The maximum atomic E-state index is 14.9. The summed E-state index contributed by atoms with van der Waals surface area (Å²) < 4.78 is 21.9. The highest BCUT2D eigenvalue weighted by Crippen LogP contribution is 2.30. The lowest BCUT2D eigenvalue weighted by Crippen LogP contribution is -2.59. The topological polar surface area (TPSA) is 204 Å². The number of urea groups is 2. The van der Waals surface area contributed by atoms with Gasteiger partial charge in [0.05, 0.1) is 58.7 Å². The normalized spacial score (nSPS) is 17.3. The van der Waals surface area contributed by atoms with Gasteiger partial charge in [0.2, 0.25) is 0 Å². The van der Waals surface area contributed by atoms with Crippen LogP contribution in [0.1, 0.15) is 44.9 Å². The molecule has 0 bridgehead atoms. The van der Waals surface area contributed by atoms with Gasteiger partial charge in [-0.25, -0.2) is 14.6 Å². The molecule has 0 spiro atoms. The van der Waals surface area contributed by atoms with E-state index in [9.17, 15) is 24.3 Å². The molecule has 352 valence electrons. The second-order valence-corrected chi connectivity index (χ2v) is 17.1. The minimum atomic E-state index is -1.45. The third-order valence-corrected chi connectivity index (χ3v) is 11.7. The van der Waals surface area contributed by atoms with Crippen LogP contribution in [0.2, 0.25) is 0 Å². The number of hydrogen-bond acceptors (Lipinski definition) is 13. The first-order valence-electron chi connectivity index (χ1n) is 22.1. The Morgan fingerprint density at radius 3 is 1.76 bits per heavy atom. The third kappa shape index (κ3) is 15.6. The standard InChI is InChI=1S/C45H73N9O9/c1-31(2)40(47-44(58)50(5)16-18-52-20-24-62-25-21-52)42(56)38(39(46)34-12-10-9-11-13-34)35(55)30-54(29-33-14-15-36(60-7)37(28-33)61-8)49-43(57)41(32(3)4)48-45(59)51(6)17-19-53-22-26-63-27-23-53/h9-15,28,31-32,35,38-41,55H,16-27,29-30,46H2,1-8H3,(H,47,58)(H,48,59)(H,49,57)/t35-,38-,39?,40+,41+/m1/s1. The molecule has 63 heavy (non-hydrogen) atoms. The summed E-state index contributed by atoms with van der Waals surface area (Å²) in [5.74, 6) is -1.92. The average Bonchev–Trinajstić information content (AvgIpc) is 3.28. The number of morpholine rings is 2. The summed E-state index contributed by atoms with van der Waals surface area (Å²) in [6.45, 7) is 15.1. The molecule has 18 nitrogen and oxygen atoms in total. The Labute approximate surface area is 373 Å². The molecule has 2 saturated heterocycles. The summed E-state index contributed by atoms with van der Waals surface area (Å²) in [5, 5.41) is 19.7. The number of rotatable bonds is 23. The van der Waals surface area contributed by atoms with Crippen LogP contribution in [0.4, 0.5) is 9.59 Å². The first-order valence-corrected chi connectivity index (χ1v) is 22.1. The van der Waals surface area contributed by atoms with Crippen molar-refractivity contribution < 1.29 is 43.2 Å². The molecular weight excluding hydrogens is 811 g/mol. The number of hydrogen-bond donors (Lipinski definition) is 5. The molecule has 2 aromatic carbocycles. The van der Waals surface area contributed by atoms with Crippen molar-refractivity contribution in [2.75, 3.05) is 114 Å². The van der Waals surface area contributed by atoms with Gasteiger partial charge in [0, 0.05) is 85.6 Å². The molecule has 2 heterocycles. The van der Waals surface area contributed by atoms with Crippen molar-refractivity contribution in [3.05, 3.63) is 59.7 Å². The fourth-order valence-corrected chi connectivity index (χ4v) is 7.63.